The number of carbonyl (C=O) groups excluding carboxylic acids is 4. The van der Waals surface area contributed by atoms with Crippen LogP contribution in [0.25, 0.3) is 0 Å². The van der Waals surface area contributed by atoms with Gasteiger partial charge in [0.1, 0.15) is 0 Å². The van der Waals surface area contributed by atoms with Crippen LogP contribution >= 0.6 is 0 Å². The van der Waals surface area contributed by atoms with E-state index in [4.69, 9.17) is 0 Å². The van der Waals surface area contributed by atoms with E-state index in [0.29, 0.717) is 0 Å². The molecule has 23 heavy (non-hydrogen) atoms. The fourth-order valence-corrected chi connectivity index (χ4v) is 1.68. The Balaban J connectivity index is 4.10. The Hall–Kier alpha value is -2.12. The molecule has 0 aromatic heterocycles. The third kappa shape index (κ3) is 8.80. The summed E-state index contributed by atoms with van der Waals surface area (Å²) in [6, 6.07) is 0. The van der Waals surface area contributed by atoms with Crippen molar-refractivity contribution in [3.63, 3.8) is 0 Å². The second kappa shape index (κ2) is 10.6. The molecule has 3 atom stereocenters. The number of nitrogens with one attached hydrogen (secondary N) is 4. The molecule has 0 heterocycles. The molecule has 8 heteroatoms. The highest BCUT2D eigenvalue weighted by atomic mass is 16.2. The number of hydrogen-bond donors (Lipinski definition) is 4. The van der Waals surface area contributed by atoms with Gasteiger partial charge in [-0.3, -0.25) is 19.2 Å². The van der Waals surface area contributed by atoms with Crippen molar-refractivity contribution in [2.24, 2.45) is 17.8 Å². The van der Waals surface area contributed by atoms with E-state index in [1.54, 1.807) is 27.8 Å². The van der Waals surface area contributed by atoms with Crippen LogP contribution in [0.5, 0.6) is 0 Å². The van der Waals surface area contributed by atoms with Gasteiger partial charge in [-0.15, -0.1) is 0 Å². The van der Waals surface area contributed by atoms with Crippen molar-refractivity contribution in [1.82, 2.24) is 21.3 Å². The minimum Gasteiger partial charge on any atom is -0.359 e. The van der Waals surface area contributed by atoms with E-state index < -0.39 is 5.92 Å². The van der Waals surface area contributed by atoms with E-state index in [-0.39, 0.29) is 55.1 Å². The molecule has 0 aliphatic rings. The Labute approximate surface area is 137 Å². The molecule has 0 rings (SSSR count). The van der Waals surface area contributed by atoms with Gasteiger partial charge in [0.25, 0.3) is 0 Å². The summed E-state index contributed by atoms with van der Waals surface area (Å²) < 4.78 is 0. The van der Waals surface area contributed by atoms with Gasteiger partial charge in [-0.05, 0) is 0 Å². The monoisotopic (exact) mass is 328 g/mol. The highest BCUT2D eigenvalue weighted by Gasteiger charge is 2.19. The van der Waals surface area contributed by atoms with E-state index in [1.807, 2.05) is 0 Å². The normalized spacial score (nSPS) is 14.1. The number of carbonyl (C=O) groups is 4. The summed E-state index contributed by atoms with van der Waals surface area (Å²) in [7, 11) is 1.54. The Morgan fingerprint density at radius 2 is 1.04 bits per heavy atom. The van der Waals surface area contributed by atoms with Crippen LogP contribution in [0.2, 0.25) is 0 Å². The molecule has 3 unspecified atom stereocenters. The van der Waals surface area contributed by atoms with Crippen LogP contribution in [0.4, 0.5) is 0 Å². The fraction of sp³-hybridized carbons (Fsp3) is 0.733. The van der Waals surface area contributed by atoms with Crippen LogP contribution in [0, 0.1) is 17.8 Å². The average molecular weight is 328 g/mol. The lowest BCUT2D eigenvalue weighted by Gasteiger charge is -2.17. The van der Waals surface area contributed by atoms with Gasteiger partial charge < -0.3 is 21.3 Å². The number of rotatable bonds is 9. The van der Waals surface area contributed by atoms with Crippen molar-refractivity contribution in [1.29, 1.82) is 0 Å². The average Bonchev–Trinajstić information content (AvgIpc) is 2.53. The van der Waals surface area contributed by atoms with Gasteiger partial charge in [-0.1, -0.05) is 20.8 Å². The van der Waals surface area contributed by atoms with Crippen LogP contribution in [-0.4, -0.2) is 50.3 Å². The Morgan fingerprint density at radius 1 is 0.696 bits per heavy atom. The molecule has 0 saturated carbocycles. The largest absolute Gasteiger partial charge is 0.359 e. The molecule has 0 fully saturated rings. The molecular weight excluding hydrogens is 300 g/mol. The standard InChI is InChI=1S/C15H28N4O4/c1-9(13(21)16-5)7-18-15(23)11(3)8-19-14(22)10(2)6-17-12(4)20/h9-11H,6-8H2,1-5H3,(H,16,21)(H,17,20)(H,18,23)(H,19,22). The quantitative estimate of drug-likeness (QED) is 0.435. The second-order valence-corrected chi connectivity index (χ2v) is 5.74. The highest BCUT2D eigenvalue weighted by Crippen LogP contribution is 1.98. The van der Waals surface area contributed by atoms with Crippen molar-refractivity contribution in [2.75, 3.05) is 26.7 Å². The molecule has 0 aliphatic heterocycles. The van der Waals surface area contributed by atoms with Gasteiger partial charge in [0.05, 0.1) is 17.8 Å². The topological polar surface area (TPSA) is 116 Å². The van der Waals surface area contributed by atoms with E-state index >= 15 is 0 Å². The molecular formula is C15H28N4O4. The maximum Gasteiger partial charge on any atom is 0.224 e. The maximum absolute atomic E-state index is 11.9. The van der Waals surface area contributed by atoms with Gasteiger partial charge >= 0.3 is 0 Å². The van der Waals surface area contributed by atoms with Crippen molar-refractivity contribution >= 4 is 23.6 Å². The first-order valence-electron chi connectivity index (χ1n) is 7.70. The van der Waals surface area contributed by atoms with Crippen LogP contribution in [0.1, 0.15) is 27.7 Å². The summed E-state index contributed by atoms with van der Waals surface area (Å²) in [6.45, 7) is 7.19. The lowest BCUT2D eigenvalue weighted by molar-refractivity contribution is -0.126. The summed E-state index contributed by atoms with van der Waals surface area (Å²) in [5.74, 6) is -1.89. The summed E-state index contributed by atoms with van der Waals surface area (Å²) >= 11 is 0. The zero-order chi connectivity index (χ0) is 18.0. The maximum atomic E-state index is 11.9. The first-order valence-corrected chi connectivity index (χ1v) is 7.70. The number of hydrogen-bond acceptors (Lipinski definition) is 4. The third-order valence-electron chi connectivity index (χ3n) is 3.41. The van der Waals surface area contributed by atoms with Gasteiger partial charge in [-0.25, -0.2) is 0 Å². The van der Waals surface area contributed by atoms with Gasteiger partial charge in [-0.2, -0.15) is 0 Å². The van der Waals surface area contributed by atoms with Crippen LogP contribution < -0.4 is 21.3 Å². The SMILES string of the molecule is CNC(=O)C(C)CNC(=O)C(C)CNC(=O)C(C)CNC(C)=O. The van der Waals surface area contributed by atoms with E-state index in [1.165, 1.54) is 6.92 Å². The minimum absolute atomic E-state index is 0.141. The third-order valence-corrected chi connectivity index (χ3v) is 3.41. The Kier molecular flexibility index (Phi) is 9.60. The molecule has 0 radical (unpaired) electrons. The van der Waals surface area contributed by atoms with E-state index in [0.717, 1.165) is 0 Å². The first-order chi connectivity index (χ1) is 10.7. The number of amides is 4. The molecule has 0 bridgehead atoms. The van der Waals surface area contributed by atoms with Gasteiger partial charge in [0.2, 0.25) is 23.6 Å². The van der Waals surface area contributed by atoms with E-state index in [2.05, 4.69) is 21.3 Å². The fourth-order valence-electron chi connectivity index (χ4n) is 1.68. The molecule has 4 amide bonds. The summed E-state index contributed by atoms with van der Waals surface area (Å²) in [5, 5.41) is 10.4. The van der Waals surface area contributed by atoms with Crippen molar-refractivity contribution in [3.8, 4) is 0 Å². The Morgan fingerprint density at radius 3 is 1.39 bits per heavy atom. The molecule has 0 aliphatic carbocycles. The lowest BCUT2D eigenvalue weighted by Crippen LogP contribution is -2.43. The van der Waals surface area contributed by atoms with Crippen molar-refractivity contribution in [2.45, 2.75) is 27.7 Å². The van der Waals surface area contributed by atoms with Crippen LogP contribution in [0.3, 0.4) is 0 Å². The Bertz CT molecular complexity index is 439. The van der Waals surface area contributed by atoms with Crippen LogP contribution in [0.15, 0.2) is 0 Å². The summed E-state index contributed by atoms with van der Waals surface area (Å²) in [4.78, 5) is 45.9. The van der Waals surface area contributed by atoms with Gasteiger partial charge in [0.15, 0.2) is 0 Å². The van der Waals surface area contributed by atoms with Crippen LogP contribution in [-0.2, 0) is 19.2 Å². The first kappa shape index (κ1) is 20.9. The van der Waals surface area contributed by atoms with E-state index in [9.17, 15) is 19.2 Å². The molecule has 0 aromatic rings. The molecule has 4 N–H and O–H groups in total. The lowest BCUT2D eigenvalue weighted by atomic mass is 10.1. The zero-order valence-electron chi connectivity index (χ0n) is 14.5. The highest BCUT2D eigenvalue weighted by molar-refractivity contribution is 5.83. The summed E-state index contributed by atoms with van der Waals surface area (Å²) in [5.41, 5.74) is 0. The predicted octanol–water partition coefficient (Wildman–Crippen LogP) is -0.991. The molecule has 0 aromatic carbocycles. The molecule has 132 valence electrons. The predicted molar refractivity (Wildman–Crippen MR) is 86.3 cm³/mol. The molecule has 8 nitrogen and oxygen atoms in total. The summed E-state index contributed by atoms with van der Waals surface area (Å²) in [6.07, 6.45) is 0. The zero-order valence-corrected chi connectivity index (χ0v) is 14.5. The smallest absolute Gasteiger partial charge is 0.224 e. The second-order valence-electron chi connectivity index (χ2n) is 5.74. The van der Waals surface area contributed by atoms with Crippen molar-refractivity contribution < 1.29 is 19.2 Å². The minimum atomic E-state index is -0.413. The van der Waals surface area contributed by atoms with Crippen molar-refractivity contribution in [3.05, 3.63) is 0 Å². The molecule has 0 saturated heterocycles. The molecule has 0 spiro atoms. The van der Waals surface area contributed by atoms with Gasteiger partial charge in [0, 0.05) is 33.6 Å².